The summed E-state index contributed by atoms with van der Waals surface area (Å²) in [5.74, 6) is 1.35. The lowest BCUT2D eigenvalue weighted by Gasteiger charge is -2.25. The molecule has 0 spiro atoms. The molecule has 31 heavy (non-hydrogen) atoms. The van der Waals surface area contributed by atoms with Crippen LogP contribution in [0.2, 0.25) is 0 Å². The average Bonchev–Trinajstić information content (AvgIpc) is 3.39. The van der Waals surface area contributed by atoms with Crippen LogP contribution in [-0.2, 0) is 9.53 Å². The standard InChI is InChI=1S/C23H22BrN3O3S/c1-29-20(28)6-4-14-27-22(21(26-23(27)31)17-5-2-3-13-25-17)19-12-11-18(30-19)15-7-9-16(24)10-8-15/h2-3,5,7-13,21-22H,4,6,14H2,1H3,(H,26,31). The van der Waals surface area contributed by atoms with Gasteiger partial charge in [-0.15, -0.1) is 0 Å². The van der Waals surface area contributed by atoms with Gasteiger partial charge in [-0.3, -0.25) is 9.78 Å². The van der Waals surface area contributed by atoms with Gasteiger partial charge in [0.15, 0.2) is 5.11 Å². The number of carbonyl (C=O) groups is 1. The Balaban J connectivity index is 1.64. The number of esters is 1. The van der Waals surface area contributed by atoms with Crippen molar-refractivity contribution in [3.05, 3.63) is 76.7 Å². The number of rotatable bonds is 7. The van der Waals surface area contributed by atoms with Crippen LogP contribution >= 0.6 is 28.1 Å². The SMILES string of the molecule is COC(=O)CCCN1C(=S)NC(c2ccccn2)C1c1ccc(-c2ccc(Br)cc2)o1. The molecular weight excluding hydrogens is 478 g/mol. The number of hydrogen-bond acceptors (Lipinski definition) is 5. The van der Waals surface area contributed by atoms with Crippen LogP contribution in [0.15, 0.2) is 69.7 Å². The van der Waals surface area contributed by atoms with Crippen LogP contribution in [0.5, 0.6) is 0 Å². The molecule has 4 rings (SSSR count). The van der Waals surface area contributed by atoms with Gasteiger partial charge in [0.05, 0.1) is 18.8 Å². The smallest absolute Gasteiger partial charge is 0.305 e. The predicted molar refractivity (Wildman–Crippen MR) is 125 cm³/mol. The fourth-order valence-electron chi connectivity index (χ4n) is 3.73. The second-order valence-corrected chi connectivity index (χ2v) is 8.51. The monoisotopic (exact) mass is 499 g/mol. The number of pyridine rings is 1. The third-order valence-corrected chi connectivity index (χ3v) is 6.13. The Morgan fingerprint density at radius 2 is 2.03 bits per heavy atom. The quantitative estimate of drug-likeness (QED) is 0.361. The van der Waals surface area contributed by atoms with Gasteiger partial charge < -0.3 is 19.4 Å². The van der Waals surface area contributed by atoms with Gasteiger partial charge in [-0.1, -0.05) is 34.1 Å². The minimum atomic E-state index is -0.230. The molecule has 0 amide bonds. The summed E-state index contributed by atoms with van der Waals surface area (Å²) in [5.41, 5.74) is 1.88. The van der Waals surface area contributed by atoms with Gasteiger partial charge in [0, 0.05) is 29.2 Å². The summed E-state index contributed by atoms with van der Waals surface area (Å²) in [6.07, 6.45) is 2.73. The molecule has 8 heteroatoms. The molecule has 1 aromatic carbocycles. The molecule has 6 nitrogen and oxygen atoms in total. The zero-order chi connectivity index (χ0) is 21.8. The highest BCUT2D eigenvalue weighted by Crippen LogP contribution is 2.40. The number of methoxy groups -OCH3 is 1. The number of hydrogen-bond donors (Lipinski definition) is 1. The lowest BCUT2D eigenvalue weighted by atomic mass is 10.0. The second-order valence-electron chi connectivity index (χ2n) is 7.21. The number of aromatic nitrogens is 1. The first-order valence-electron chi connectivity index (χ1n) is 9.97. The van der Waals surface area contributed by atoms with E-state index >= 15 is 0 Å². The van der Waals surface area contributed by atoms with Gasteiger partial charge in [-0.25, -0.2) is 0 Å². The summed E-state index contributed by atoms with van der Waals surface area (Å²) in [4.78, 5) is 18.2. The third-order valence-electron chi connectivity index (χ3n) is 5.25. The van der Waals surface area contributed by atoms with Gasteiger partial charge >= 0.3 is 5.97 Å². The zero-order valence-corrected chi connectivity index (χ0v) is 19.4. The van der Waals surface area contributed by atoms with E-state index in [0.29, 0.717) is 24.5 Å². The van der Waals surface area contributed by atoms with Gasteiger partial charge in [0.25, 0.3) is 0 Å². The van der Waals surface area contributed by atoms with Gasteiger partial charge in [0.2, 0.25) is 0 Å². The van der Waals surface area contributed by atoms with E-state index in [9.17, 15) is 4.79 Å². The molecule has 0 radical (unpaired) electrons. The molecule has 2 aromatic heterocycles. The minimum absolute atomic E-state index is 0.157. The molecule has 2 atom stereocenters. The Labute approximate surface area is 194 Å². The molecule has 1 fully saturated rings. The molecule has 1 saturated heterocycles. The lowest BCUT2D eigenvalue weighted by Crippen LogP contribution is -2.30. The number of benzene rings is 1. The average molecular weight is 500 g/mol. The largest absolute Gasteiger partial charge is 0.469 e. The van der Waals surface area contributed by atoms with E-state index in [1.807, 2.05) is 54.6 Å². The predicted octanol–water partition coefficient (Wildman–Crippen LogP) is 5.03. The van der Waals surface area contributed by atoms with Crippen molar-refractivity contribution in [3.8, 4) is 11.3 Å². The first-order valence-corrected chi connectivity index (χ1v) is 11.2. The maximum atomic E-state index is 11.6. The van der Waals surface area contributed by atoms with E-state index in [1.165, 1.54) is 7.11 Å². The molecule has 3 heterocycles. The van der Waals surface area contributed by atoms with Crippen LogP contribution < -0.4 is 5.32 Å². The number of halogens is 1. The first kappa shape index (κ1) is 21.5. The van der Waals surface area contributed by atoms with Gasteiger partial charge in [-0.05, 0) is 55.0 Å². The molecule has 1 aliphatic rings. The molecule has 0 aliphatic carbocycles. The minimum Gasteiger partial charge on any atom is -0.469 e. The zero-order valence-electron chi connectivity index (χ0n) is 17.0. The fraction of sp³-hybridized carbons (Fsp3) is 0.261. The number of furan rings is 1. The highest BCUT2D eigenvalue weighted by molar-refractivity contribution is 9.10. The maximum absolute atomic E-state index is 11.6. The van der Waals surface area contributed by atoms with E-state index in [2.05, 4.69) is 31.1 Å². The second kappa shape index (κ2) is 9.62. The summed E-state index contributed by atoms with van der Waals surface area (Å²) < 4.78 is 12.1. The van der Waals surface area contributed by atoms with Crippen molar-refractivity contribution in [2.45, 2.75) is 24.9 Å². The van der Waals surface area contributed by atoms with E-state index in [-0.39, 0.29) is 18.1 Å². The number of carbonyl (C=O) groups excluding carboxylic acids is 1. The Kier molecular flexibility index (Phi) is 6.67. The van der Waals surface area contributed by atoms with Crippen molar-refractivity contribution in [1.29, 1.82) is 0 Å². The van der Waals surface area contributed by atoms with E-state index in [4.69, 9.17) is 21.4 Å². The fourth-order valence-corrected chi connectivity index (χ4v) is 4.33. The normalized spacial score (nSPS) is 18.1. The van der Waals surface area contributed by atoms with Crippen molar-refractivity contribution in [2.24, 2.45) is 0 Å². The van der Waals surface area contributed by atoms with Crippen LogP contribution in [0.3, 0.4) is 0 Å². The molecule has 0 bridgehead atoms. The van der Waals surface area contributed by atoms with Gasteiger partial charge in [-0.2, -0.15) is 0 Å². The Morgan fingerprint density at radius 3 is 2.74 bits per heavy atom. The lowest BCUT2D eigenvalue weighted by molar-refractivity contribution is -0.140. The summed E-state index contributed by atoms with van der Waals surface area (Å²) in [5, 5.41) is 4.01. The topological polar surface area (TPSA) is 67.6 Å². The Bertz CT molecular complexity index is 1060. The van der Waals surface area contributed by atoms with Crippen molar-refractivity contribution in [3.63, 3.8) is 0 Å². The van der Waals surface area contributed by atoms with Crippen molar-refractivity contribution in [1.82, 2.24) is 15.2 Å². The summed E-state index contributed by atoms with van der Waals surface area (Å²) in [6.45, 7) is 0.600. The number of nitrogens with zero attached hydrogens (tertiary/aromatic N) is 2. The molecule has 1 aliphatic heterocycles. The molecule has 3 aromatic rings. The van der Waals surface area contributed by atoms with E-state index in [1.54, 1.807) is 6.20 Å². The Morgan fingerprint density at radius 1 is 1.23 bits per heavy atom. The summed E-state index contributed by atoms with van der Waals surface area (Å²) >= 11 is 9.11. The first-order chi connectivity index (χ1) is 15.1. The van der Waals surface area contributed by atoms with E-state index in [0.717, 1.165) is 27.3 Å². The van der Waals surface area contributed by atoms with Crippen LogP contribution in [0, 0.1) is 0 Å². The van der Waals surface area contributed by atoms with Crippen LogP contribution in [0.1, 0.15) is 36.4 Å². The number of nitrogens with one attached hydrogen (secondary N) is 1. The highest BCUT2D eigenvalue weighted by atomic mass is 79.9. The summed E-state index contributed by atoms with van der Waals surface area (Å²) in [6, 6.07) is 17.4. The molecule has 0 saturated carbocycles. The molecule has 1 N–H and O–H groups in total. The Hall–Kier alpha value is -2.71. The van der Waals surface area contributed by atoms with Crippen molar-refractivity contribution >= 4 is 39.2 Å². The van der Waals surface area contributed by atoms with Gasteiger partial charge in [0.1, 0.15) is 17.6 Å². The van der Waals surface area contributed by atoms with Crippen molar-refractivity contribution < 1.29 is 13.9 Å². The number of thiocarbonyl (C=S) groups is 1. The number of ether oxygens (including phenoxy) is 1. The van der Waals surface area contributed by atoms with Crippen LogP contribution in [0.25, 0.3) is 11.3 Å². The van der Waals surface area contributed by atoms with E-state index < -0.39 is 0 Å². The van der Waals surface area contributed by atoms with Crippen molar-refractivity contribution in [2.75, 3.05) is 13.7 Å². The van der Waals surface area contributed by atoms with Crippen LogP contribution in [-0.4, -0.2) is 34.6 Å². The third kappa shape index (κ3) is 4.80. The molecule has 160 valence electrons. The highest BCUT2D eigenvalue weighted by Gasteiger charge is 2.41. The van der Waals surface area contributed by atoms with Crippen LogP contribution in [0.4, 0.5) is 0 Å². The summed E-state index contributed by atoms with van der Waals surface area (Å²) in [7, 11) is 1.40. The molecule has 2 unspecified atom stereocenters. The molecular formula is C23H22BrN3O3S. The maximum Gasteiger partial charge on any atom is 0.305 e.